The molecule has 5 heteroatoms. The Bertz CT molecular complexity index is 820. The number of aromatic nitrogens is 2. The summed E-state index contributed by atoms with van der Waals surface area (Å²) in [6.45, 7) is 3.64. The van der Waals surface area contributed by atoms with Gasteiger partial charge >= 0.3 is 0 Å². The molecule has 0 spiro atoms. The van der Waals surface area contributed by atoms with Gasteiger partial charge in [0, 0.05) is 6.42 Å². The van der Waals surface area contributed by atoms with Crippen molar-refractivity contribution in [1.29, 1.82) is 0 Å². The van der Waals surface area contributed by atoms with Gasteiger partial charge in [-0.05, 0) is 32.4 Å². The van der Waals surface area contributed by atoms with E-state index in [9.17, 15) is 14.4 Å². The Morgan fingerprint density at radius 2 is 1.95 bits per heavy atom. The largest absolute Gasteiger partial charge is 0.299 e. The summed E-state index contributed by atoms with van der Waals surface area (Å²) in [5.41, 5.74) is 1.41. The van der Waals surface area contributed by atoms with Crippen LogP contribution in [0.5, 0.6) is 0 Å². The molecule has 2 aromatic rings. The molecule has 3 rings (SSSR count). The van der Waals surface area contributed by atoms with Crippen LogP contribution in [0.1, 0.15) is 36.7 Å². The fourth-order valence-corrected chi connectivity index (χ4v) is 2.92. The molecule has 1 fully saturated rings. The Kier molecular flexibility index (Phi) is 3.20. The Morgan fingerprint density at radius 1 is 1.19 bits per heavy atom. The zero-order valence-electron chi connectivity index (χ0n) is 12.0. The van der Waals surface area contributed by atoms with E-state index in [1.54, 1.807) is 13.0 Å². The minimum atomic E-state index is -0.562. The van der Waals surface area contributed by atoms with E-state index in [4.69, 9.17) is 0 Å². The van der Waals surface area contributed by atoms with Gasteiger partial charge in [0.05, 0.1) is 23.4 Å². The smallest absolute Gasteiger partial charge is 0.262 e. The van der Waals surface area contributed by atoms with Crippen molar-refractivity contribution in [3.8, 4) is 0 Å². The van der Waals surface area contributed by atoms with Crippen molar-refractivity contribution in [1.82, 2.24) is 9.55 Å². The first-order valence-electron chi connectivity index (χ1n) is 7.01. The fourth-order valence-electron chi connectivity index (χ4n) is 2.92. The van der Waals surface area contributed by atoms with Gasteiger partial charge in [0.15, 0.2) is 5.78 Å². The summed E-state index contributed by atoms with van der Waals surface area (Å²) in [4.78, 5) is 40.6. The molecule has 0 aliphatic heterocycles. The van der Waals surface area contributed by atoms with Gasteiger partial charge in [-0.3, -0.25) is 19.0 Å². The lowest BCUT2D eigenvalue weighted by Crippen LogP contribution is -2.36. The molecule has 1 heterocycles. The predicted molar refractivity (Wildman–Crippen MR) is 78.4 cm³/mol. The van der Waals surface area contributed by atoms with Crippen LogP contribution in [-0.2, 0) is 9.59 Å². The van der Waals surface area contributed by atoms with Crippen LogP contribution < -0.4 is 5.56 Å². The average molecular weight is 284 g/mol. The summed E-state index contributed by atoms with van der Waals surface area (Å²) < 4.78 is 1.45. The first kappa shape index (κ1) is 13.7. The zero-order valence-corrected chi connectivity index (χ0v) is 12.0. The molecule has 0 N–H and O–H groups in total. The van der Waals surface area contributed by atoms with E-state index < -0.39 is 6.04 Å². The van der Waals surface area contributed by atoms with Crippen LogP contribution in [0.3, 0.4) is 0 Å². The number of carbonyl (C=O) groups is 2. The Labute approximate surface area is 121 Å². The van der Waals surface area contributed by atoms with Crippen molar-refractivity contribution in [2.75, 3.05) is 0 Å². The van der Waals surface area contributed by atoms with Crippen molar-refractivity contribution < 1.29 is 9.59 Å². The highest BCUT2D eigenvalue weighted by atomic mass is 16.2. The molecule has 21 heavy (non-hydrogen) atoms. The van der Waals surface area contributed by atoms with E-state index in [0.29, 0.717) is 29.6 Å². The summed E-state index contributed by atoms with van der Waals surface area (Å²) in [5, 5.41) is 0.519. The average Bonchev–Trinajstić information content (AvgIpc) is 2.42. The van der Waals surface area contributed by atoms with Crippen molar-refractivity contribution in [3.63, 3.8) is 0 Å². The van der Waals surface area contributed by atoms with Gasteiger partial charge in [0.25, 0.3) is 5.56 Å². The summed E-state index contributed by atoms with van der Waals surface area (Å²) in [6.07, 6.45) is 0.647. The number of ketones is 2. The van der Waals surface area contributed by atoms with Gasteiger partial charge < -0.3 is 0 Å². The first-order valence-corrected chi connectivity index (χ1v) is 7.01. The number of aryl methyl sites for hydroxylation is 2. The summed E-state index contributed by atoms with van der Waals surface area (Å²) >= 11 is 0. The highest BCUT2D eigenvalue weighted by Crippen LogP contribution is 2.24. The standard InChI is InChI=1S/C16H16N2O3/c1-9-3-5-13-12(7-9)16(21)18(10(2)17-13)14-6-4-11(19)8-15(14)20/h3,5,7,14H,4,6,8H2,1-2H3. The Hall–Kier alpha value is -2.30. The molecule has 1 aliphatic rings. The maximum absolute atomic E-state index is 12.7. The molecule has 1 aromatic carbocycles. The van der Waals surface area contributed by atoms with E-state index in [1.807, 2.05) is 19.1 Å². The molecule has 0 radical (unpaired) electrons. The topological polar surface area (TPSA) is 69.0 Å². The van der Waals surface area contributed by atoms with Gasteiger partial charge in [0.1, 0.15) is 11.6 Å². The lowest BCUT2D eigenvalue weighted by Gasteiger charge is -2.23. The number of Topliss-reactive ketones (excluding diaryl/α,β-unsaturated/α-hetero) is 2. The van der Waals surface area contributed by atoms with E-state index in [0.717, 1.165) is 5.56 Å². The van der Waals surface area contributed by atoms with Crippen LogP contribution in [0.2, 0.25) is 0 Å². The maximum Gasteiger partial charge on any atom is 0.262 e. The third-order valence-corrected chi connectivity index (χ3v) is 3.98. The first-order chi connectivity index (χ1) is 9.97. The normalized spacial score (nSPS) is 19.2. The second-order valence-corrected chi connectivity index (χ2v) is 5.59. The summed E-state index contributed by atoms with van der Waals surface area (Å²) in [7, 11) is 0. The number of fused-ring (bicyclic) bond motifs is 1. The van der Waals surface area contributed by atoms with Crippen molar-refractivity contribution >= 4 is 22.5 Å². The van der Waals surface area contributed by atoms with Crippen LogP contribution in [0.4, 0.5) is 0 Å². The van der Waals surface area contributed by atoms with Crippen LogP contribution in [0, 0.1) is 13.8 Å². The fraction of sp³-hybridized carbons (Fsp3) is 0.375. The quantitative estimate of drug-likeness (QED) is 0.750. The van der Waals surface area contributed by atoms with Gasteiger partial charge in [-0.25, -0.2) is 4.98 Å². The number of benzene rings is 1. The molecule has 0 saturated heterocycles. The number of hydrogen-bond acceptors (Lipinski definition) is 4. The van der Waals surface area contributed by atoms with E-state index >= 15 is 0 Å². The Balaban J connectivity index is 2.21. The van der Waals surface area contributed by atoms with Gasteiger partial charge in [-0.1, -0.05) is 11.6 Å². The summed E-state index contributed by atoms with van der Waals surface area (Å²) in [5.74, 6) is 0.279. The minimum absolute atomic E-state index is 0.0495. The molecule has 108 valence electrons. The number of rotatable bonds is 1. The molecule has 1 unspecified atom stereocenters. The lowest BCUT2D eigenvalue weighted by atomic mass is 9.92. The molecule has 0 amide bonds. The SMILES string of the molecule is Cc1ccc2nc(C)n(C3CCC(=O)CC3=O)c(=O)c2c1. The molecule has 5 nitrogen and oxygen atoms in total. The highest BCUT2D eigenvalue weighted by Gasteiger charge is 2.30. The molecule has 1 aliphatic carbocycles. The van der Waals surface area contributed by atoms with Crippen molar-refractivity contribution in [3.05, 3.63) is 39.9 Å². The monoisotopic (exact) mass is 284 g/mol. The number of hydrogen-bond donors (Lipinski definition) is 0. The Morgan fingerprint density at radius 3 is 2.67 bits per heavy atom. The van der Waals surface area contributed by atoms with E-state index in [-0.39, 0.29) is 23.5 Å². The molecular formula is C16H16N2O3. The summed E-state index contributed by atoms with van der Waals surface area (Å²) in [6, 6.07) is 4.95. The van der Waals surface area contributed by atoms with Crippen molar-refractivity contribution in [2.45, 2.75) is 39.2 Å². The van der Waals surface area contributed by atoms with E-state index in [1.165, 1.54) is 4.57 Å². The van der Waals surface area contributed by atoms with Gasteiger partial charge in [0.2, 0.25) is 0 Å². The zero-order chi connectivity index (χ0) is 15.1. The second-order valence-electron chi connectivity index (χ2n) is 5.59. The maximum atomic E-state index is 12.7. The molecule has 1 saturated carbocycles. The minimum Gasteiger partial charge on any atom is -0.299 e. The molecule has 1 atom stereocenters. The van der Waals surface area contributed by atoms with Crippen LogP contribution in [-0.4, -0.2) is 21.1 Å². The van der Waals surface area contributed by atoms with Crippen LogP contribution in [0.15, 0.2) is 23.0 Å². The molecule has 0 bridgehead atoms. The highest BCUT2D eigenvalue weighted by molar-refractivity contribution is 6.03. The molecular weight excluding hydrogens is 268 g/mol. The molecule has 1 aromatic heterocycles. The third-order valence-electron chi connectivity index (χ3n) is 3.98. The van der Waals surface area contributed by atoms with Gasteiger partial charge in [-0.2, -0.15) is 0 Å². The number of carbonyl (C=O) groups excluding carboxylic acids is 2. The van der Waals surface area contributed by atoms with Crippen LogP contribution in [0.25, 0.3) is 10.9 Å². The van der Waals surface area contributed by atoms with E-state index in [2.05, 4.69) is 4.98 Å². The second kappa shape index (κ2) is 4.91. The lowest BCUT2D eigenvalue weighted by molar-refractivity contribution is -0.132. The van der Waals surface area contributed by atoms with Crippen molar-refractivity contribution in [2.24, 2.45) is 0 Å². The third kappa shape index (κ3) is 2.28. The van der Waals surface area contributed by atoms with Crippen LogP contribution >= 0.6 is 0 Å². The predicted octanol–water partition coefficient (Wildman–Crippen LogP) is 1.88. The number of nitrogens with zero attached hydrogens (tertiary/aromatic N) is 2. The van der Waals surface area contributed by atoms with Gasteiger partial charge in [-0.15, -0.1) is 0 Å².